The van der Waals surface area contributed by atoms with Gasteiger partial charge in [-0.05, 0) is 46.6 Å². The molecule has 0 aromatic heterocycles. The molecule has 2 fully saturated rings. The summed E-state index contributed by atoms with van der Waals surface area (Å²) in [6.45, 7) is 8.47. The monoisotopic (exact) mass is 292 g/mol. The fourth-order valence-corrected chi connectivity index (χ4v) is 3.49. The molecule has 0 amide bonds. The molecule has 0 aromatic rings. The molecule has 2 aliphatic rings. The molecule has 0 radical (unpaired) electrons. The molecule has 0 aliphatic carbocycles. The molecule has 3 atom stereocenters. The number of rotatable bonds is 3. The predicted molar refractivity (Wildman–Crippen MR) is 89.1 cm³/mol. The molecule has 6 nitrogen and oxygen atoms in total. The summed E-state index contributed by atoms with van der Waals surface area (Å²) in [5.41, 5.74) is 0. The van der Waals surface area contributed by atoms with Crippen molar-refractivity contribution in [2.24, 2.45) is 15.1 Å². The zero-order chi connectivity index (χ0) is 15.4. The first-order valence-corrected chi connectivity index (χ1v) is 7.86. The Labute approximate surface area is 128 Å². The Kier molecular flexibility index (Phi) is 5.33. The summed E-state index contributed by atoms with van der Waals surface area (Å²) in [6.07, 6.45) is 4.81. The van der Waals surface area contributed by atoms with Crippen LogP contribution in [0.5, 0.6) is 0 Å². The molecule has 2 aliphatic heterocycles. The SMILES string of the molecule is C=NN(CC)C(=NC(C)=NC)N1C2CC[C@@H]1CC(NC)C2. The molecular weight excluding hydrogens is 264 g/mol. The van der Waals surface area contributed by atoms with Crippen molar-refractivity contribution >= 4 is 18.5 Å². The molecule has 2 heterocycles. The van der Waals surface area contributed by atoms with E-state index >= 15 is 0 Å². The van der Waals surface area contributed by atoms with Gasteiger partial charge in [0, 0.05) is 38.4 Å². The van der Waals surface area contributed by atoms with E-state index in [9.17, 15) is 0 Å². The van der Waals surface area contributed by atoms with E-state index in [0.29, 0.717) is 18.1 Å². The van der Waals surface area contributed by atoms with E-state index in [-0.39, 0.29) is 0 Å². The number of hydrogen-bond donors (Lipinski definition) is 1. The molecule has 0 saturated carbocycles. The Hall–Kier alpha value is -1.43. The van der Waals surface area contributed by atoms with Gasteiger partial charge in [-0.3, -0.25) is 4.99 Å². The van der Waals surface area contributed by atoms with E-state index in [1.54, 1.807) is 7.05 Å². The van der Waals surface area contributed by atoms with Crippen LogP contribution >= 0.6 is 0 Å². The molecule has 2 saturated heterocycles. The van der Waals surface area contributed by atoms with Crippen molar-refractivity contribution in [3.63, 3.8) is 0 Å². The summed E-state index contributed by atoms with van der Waals surface area (Å²) in [5, 5.41) is 9.47. The van der Waals surface area contributed by atoms with Crippen LogP contribution in [0.3, 0.4) is 0 Å². The van der Waals surface area contributed by atoms with Crippen molar-refractivity contribution in [3.05, 3.63) is 0 Å². The van der Waals surface area contributed by atoms with Gasteiger partial charge in [0.05, 0.1) is 0 Å². The zero-order valence-electron chi connectivity index (χ0n) is 13.7. The second-order valence-corrected chi connectivity index (χ2v) is 5.79. The van der Waals surface area contributed by atoms with Gasteiger partial charge in [-0.15, -0.1) is 0 Å². The van der Waals surface area contributed by atoms with Crippen LogP contribution in [0.4, 0.5) is 0 Å². The van der Waals surface area contributed by atoms with E-state index in [2.05, 4.69) is 41.0 Å². The van der Waals surface area contributed by atoms with Gasteiger partial charge in [0.15, 0.2) is 0 Å². The first kappa shape index (κ1) is 15.9. The smallest absolute Gasteiger partial charge is 0.224 e. The average molecular weight is 292 g/mol. The van der Waals surface area contributed by atoms with Crippen molar-refractivity contribution in [1.29, 1.82) is 0 Å². The average Bonchev–Trinajstić information content (AvgIpc) is 2.76. The lowest BCUT2D eigenvalue weighted by molar-refractivity contribution is 0.178. The van der Waals surface area contributed by atoms with Gasteiger partial charge in [0.25, 0.3) is 0 Å². The van der Waals surface area contributed by atoms with Crippen LogP contribution in [0.1, 0.15) is 39.5 Å². The molecule has 21 heavy (non-hydrogen) atoms. The number of fused-ring (bicyclic) bond motifs is 2. The predicted octanol–water partition coefficient (Wildman–Crippen LogP) is 1.54. The van der Waals surface area contributed by atoms with Crippen molar-refractivity contribution in [2.75, 3.05) is 20.6 Å². The van der Waals surface area contributed by atoms with E-state index in [0.717, 1.165) is 18.3 Å². The van der Waals surface area contributed by atoms with E-state index in [1.807, 2.05) is 11.9 Å². The van der Waals surface area contributed by atoms with Crippen molar-refractivity contribution in [3.8, 4) is 0 Å². The number of nitrogens with zero attached hydrogens (tertiary/aromatic N) is 5. The van der Waals surface area contributed by atoms with Crippen LogP contribution in [0.25, 0.3) is 0 Å². The molecule has 2 rings (SSSR count). The highest BCUT2D eigenvalue weighted by Gasteiger charge is 2.43. The van der Waals surface area contributed by atoms with Crippen LogP contribution in [0.2, 0.25) is 0 Å². The Bertz CT molecular complexity index is 416. The third-order valence-corrected chi connectivity index (χ3v) is 4.66. The maximum absolute atomic E-state index is 4.72. The summed E-state index contributed by atoms with van der Waals surface area (Å²) in [4.78, 5) is 11.4. The largest absolute Gasteiger partial charge is 0.335 e. The molecule has 1 N–H and O–H groups in total. The van der Waals surface area contributed by atoms with Crippen LogP contribution in [0, 0.1) is 0 Å². The molecule has 0 aromatic carbocycles. The standard InChI is InChI=1S/C15H28N6/c1-6-20(18-5)15(19-11(2)16-3)21-13-7-8-14(21)10-12(9-13)17-4/h12-14,17H,5-10H2,1-4H3/t12?,13-,14?/m1/s1. The summed E-state index contributed by atoms with van der Waals surface area (Å²) in [6, 6.07) is 1.70. The number of amidine groups is 1. The summed E-state index contributed by atoms with van der Waals surface area (Å²) >= 11 is 0. The van der Waals surface area contributed by atoms with Crippen LogP contribution in [-0.2, 0) is 0 Å². The normalized spacial score (nSPS) is 29.7. The van der Waals surface area contributed by atoms with Gasteiger partial charge in [0.1, 0.15) is 5.84 Å². The highest BCUT2D eigenvalue weighted by atomic mass is 15.6. The van der Waals surface area contributed by atoms with Crippen molar-refractivity contribution in [2.45, 2.75) is 57.7 Å². The minimum atomic E-state index is 0.542. The zero-order valence-corrected chi connectivity index (χ0v) is 13.7. The van der Waals surface area contributed by atoms with Crippen LogP contribution < -0.4 is 5.32 Å². The van der Waals surface area contributed by atoms with Gasteiger partial charge in [-0.2, -0.15) is 10.1 Å². The summed E-state index contributed by atoms with van der Waals surface area (Å²) in [5.74, 6) is 1.69. The van der Waals surface area contributed by atoms with Gasteiger partial charge in [-0.1, -0.05) is 0 Å². The maximum atomic E-state index is 4.72. The quantitative estimate of drug-likeness (QED) is 0.488. The summed E-state index contributed by atoms with van der Waals surface area (Å²) in [7, 11) is 3.84. The fraction of sp³-hybridized carbons (Fsp3) is 0.800. The molecule has 2 unspecified atom stereocenters. The van der Waals surface area contributed by atoms with Gasteiger partial charge in [-0.25, -0.2) is 5.01 Å². The van der Waals surface area contributed by atoms with Crippen molar-refractivity contribution < 1.29 is 0 Å². The first-order chi connectivity index (χ1) is 10.1. The topological polar surface area (TPSA) is 55.6 Å². The number of guanidine groups is 1. The lowest BCUT2D eigenvalue weighted by Gasteiger charge is -2.42. The second kappa shape index (κ2) is 7.02. The first-order valence-electron chi connectivity index (χ1n) is 7.86. The summed E-state index contributed by atoms with van der Waals surface area (Å²) < 4.78 is 0. The van der Waals surface area contributed by atoms with Crippen LogP contribution in [-0.4, -0.2) is 67.2 Å². The number of aliphatic imine (C=N–C) groups is 2. The Morgan fingerprint density at radius 1 is 1.33 bits per heavy atom. The number of nitrogens with one attached hydrogen (secondary N) is 1. The molecule has 0 spiro atoms. The Morgan fingerprint density at radius 3 is 2.38 bits per heavy atom. The minimum absolute atomic E-state index is 0.542. The molecule has 118 valence electrons. The Balaban J connectivity index is 2.30. The third-order valence-electron chi connectivity index (χ3n) is 4.66. The van der Waals surface area contributed by atoms with Gasteiger partial charge in [0.2, 0.25) is 5.96 Å². The molecule has 6 heteroatoms. The molecule has 2 bridgehead atoms. The highest BCUT2D eigenvalue weighted by molar-refractivity contribution is 5.95. The van der Waals surface area contributed by atoms with E-state index < -0.39 is 0 Å². The fourth-order valence-electron chi connectivity index (χ4n) is 3.49. The van der Waals surface area contributed by atoms with Crippen molar-refractivity contribution in [1.82, 2.24) is 15.2 Å². The van der Waals surface area contributed by atoms with E-state index in [1.165, 1.54) is 25.7 Å². The van der Waals surface area contributed by atoms with Gasteiger partial charge >= 0.3 is 0 Å². The second-order valence-electron chi connectivity index (χ2n) is 5.79. The maximum Gasteiger partial charge on any atom is 0.224 e. The van der Waals surface area contributed by atoms with E-state index in [4.69, 9.17) is 4.99 Å². The molecular formula is C15H28N6. The number of hydrazone groups is 1. The minimum Gasteiger partial charge on any atom is -0.335 e. The lowest BCUT2D eigenvalue weighted by Crippen LogP contribution is -2.54. The lowest BCUT2D eigenvalue weighted by atomic mass is 9.98. The third kappa shape index (κ3) is 3.26. The number of piperidine rings is 1. The number of hydrogen-bond acceptors (Lipinski definition) is 3. The van der Waals surface area contributed by atoms with Crippen LogP contribution in [0.15, 0.2) is 15.1 Å². The Morgan fingerprint density at radius 2 is 1.95 bits per heavy atom. The highest BCUT2D eigenvalue weighted by Crippen LogP contribution is 2.36. The van der Waals surface area contributed by atoms with Gasteiger partial charge < -0.3 is 10.2 Å².